The van der Waals surface area contributed by atoms with Gasteiger partial charge in [-0.25, -0.2) is 9.36 Å². The van der Waals surface area contributed by atoms with E-state index in [9.17, 15) is 34.8 Å². The maximum absolute atomic E-state index is 12.8. The molecule has 244 valence electrons. The molecule has 0 aliphatic heterocycles. The number of alkyl halides is 6. The summed E-state index contributed by atoms with van der Waals surface area (Å²) in [7, 11) is -3.09. The second-order valence-electron chi connectivity index (χ2n) is 8.65. The summed E-state index contributed by atoms with van der Waals surface area (Å²) in [5, 5.41) is 24.5. The molecule has 0 saturated carbocycles. The first kappa shape index (κ1) is 37.1. The number of hydrogen-bond acceptors (Lipinski definition) is 7. The smallest absolute Gasteiger partial charge is 0.383 e. The average molecular weight is 765 g/mol. The molecule has 4 rings (SSSR count). The zero-order valence-electron chi connectivity index (χ0n) is 22.8. The van der Waals surface area contributed by atoms with Crippen molar-refractivity contribution in [3.05, 3.63) is 73.1 Å². The molecule has 0 spiro atoms. The van der Waals surface area contributed by atoms with Crippen molar-refractivity contribution in [1.82, 2.24) is 19.6 Å². The van der Waals surface area contributed by atoms with Gasteiger partial charge in [-0.1, -0.05) is 53.3 Å². The molecule has 21 heteroatoms. The number of nitrogens with two attached hydrogens (primary N) is 1. The Morgan fingerprint density at radius 3 is 1.61 bits per heavy atom. The highest BCUT2D eigenvalue weighted by Crippen LogP contribution is 2.40. The van der Waals surface area contributed by atoms with Gasteiger partial charge in [0.25, 0.3) is 0 Å². The van der Waals surface area contributed by atoms with Crippen LogP contribution in [-0.2, 0) is 34.0 Å². The molecule has 2 aromatic carbocycles. The summed E-state index contributed by atoms with van der Waals surface area (Å²) >= 11 is 23.5. The van der Waals surface area contributed by atoms with E-state index in [1.807, 2.05) is 0 Å². The second kappa shape index (κ2) is 14.2. The molecule has 0 aliphatic carbocycles. The lowest BCUT2D eigenvalue weighted by Crippen LogP contribution is -2.09. The number of aromatic nitrogens is 4. The fraction of sp³-hybridized carbons (Fsp3) is 0.200. The van der Waals surface area contributed by atoms with Crippen LogP contribution in [0.25, 0.3) is 11.4 Å². The summed E-state index contributed by atoms with van der Waals surface area (Å²) in [5.41, 5.74) is 3.35. The third kappa shape index (κ3) is 7.79. The molecular weight excluding hydrogens is 750 g/mol. The van der Waals surface area contributed by atoms with Gasteiger partial charge >= 0.3 is 12.4 Å². The highest BCUT2D eigenvalue weighted by atomic mass is 35.5. The Labute approximate surface area is 280 Å². The Morgan fingerprint density at radius 2 is 1.26 bits per heavy atom. The molecule has 9 nitrogen and oxygen atoms in total. The van der Waals surface area contributed by atoms with Crippen LogP contribution < -0.4 is 5.73 Å². The van der Waals surface area contributed by atoms with Gasteiger partial charge in [0.2, 0.25) is 0 Å². The van der Waals surface area contributed by atoms with E-state index in [0.717, 1.165) is 9.36 Å². The second-order valence-corrected chi connectivity index (χ2v) is 13.3. The maximum atomic E-state index is 12.8. The summed E-state index contributed by atoms with van der Waals surface area (Å²) in [6.07, 6.45) is -6.63. The van der Waals surface area contributed by atoms with Gasteiger partial charge in [-0.2, -0.15) is 47.1 Å². The summed E-state index contributed by atoms with van der Waals surface area (Å²) in [6.45, 7) is 1.62. The molecule has 0 bridgehead atoms. The standard InChI is InChI=1S/C13H9Cl2F3N4OS.C12H6Cl2F3N3OS/c1-2-24(23)11-9(5-19)21-22(12(11)20)10-7(14)3-6(4-8(10)15)13(16,17)18;1-22(21)10-5-20(19-9(10)4-18)11-7(13)2-6(3-8(11)14)12(15,16)17/h3-4H,2,20H2,1H3;2-3,5H,1H3. The van der Waals surface area contributed by atoms with Crippen LogP contribution in [0.4, 0.5) is 32.2 Å². The van der Waals surface area contributed by atoms with Crippen molar-refractivity contribution in [2.75, 3.05) is 17.7 Å². The first-order chi connectivity index (χ1) is 21.3. The number of anilines is 1. The highest BCUT2D eigenvalue weighted by Gasteiger charge is 2.34. The largest absolute Gasteiger partial charge is 0.416 e. The number of halogens is 10. The summed E-state index contributed by atoms with van der Waals surface area (Å²) < 4.78 is 102. The molecule has 4 aromatic rings. The summed E-state index contributed by atoms with van der Waals surface area (Å²) in [5.74, 6) is 0.00859. The first-order valence-corrected chi connectivity index (χ1v) is 16.3. The topological polar surface area (TPSA) is 143 Å². The van der Waals surface area contributed by atoms with Gasteiger partial charge in [0.1, 0.15) is 34.2 Å². The molecule has 2 heterocycles. The molecule has 2 N–H and O–H groups in total. The molecule has 0 saturated heterocycles. The normalized spacial score (nSPS) is 12.9. The first-order valence-electron chi connectivity index (χ1n) is 11.9. The molecular formula is C25H15Cl4F6N7O2S2. The number of nitriles is 2. The Hall–Kier alpha value is -3.32. The summed E-state index contributed by atoms with van der Waals surface area (Å²) in [6, 6.07) is 6.26. The van der Waals surface area contributed by atoms with Crippen LogP contribution in [0.5, 0.6) is 0 Å². The van der Waals surface area contributed by atoms with E-state index < -0.39 is 45.1 Å². The molecule has 0 radical (unpaired) electrons. The molecule has 0 aliphatic rings. The van der Waals surface area contributed by atoms with Crippen molar-refractivity contribution < 1.29 is 34.8 Å². The van der Waals surface area contributed by atoms with Crippen LogP contribution in [0, 0.1) is 22.7 Å². The van der Waals surface area contributed by atoms with Gasteiger partial charge in [-0.3, -0.25) is 8.42 Å². The van der Waals surface area contributed by atoms with Crippen molar-refractivity contribution in [1.29, 1.82) is 10.5 Å². The van der Waals surface area contributed by atoms with Crippen LogP contribution in [-0.4, -0.2) is 40.0 Å². The third-order valence-electron chi connectivity index (χ3n) is 5.70. The lowest BCUT2D eigenvalue weighted by molar-refractivity contribution is -0.138. The van der Waals surface area contributed by atoms with E-state index in [4.69, 9.17) is 62.7 Å². The number of nitrogen functional groups attached to an aromatic ring is 1. The number of benzene rings is 2. The van der Waals surface area contributed by atoms with Crippen LogP contribution in [0.15, 0.2) is 40.3 Å². The van der Waals surface area contributed by atoms with Gasteiger partial charge in [0.15, 0.2) is 11.4 Å². The fourth-order valence-corrected chi connectivity index (χ4v) is 6.49. The minimum atomic E-state index is -4.63. The average Bonchev–Trinajstić information content (AvgIpc) is 3.52. The predicted octanol–water partition coefficient (Wildman–Crippen LogP) is 7.59. The fourth-order valence-electron chi connectivity index (χ4n) is 3.67. The quantitative estimate of drug-likeness (QED) is 0.206. The number of rotatable bonds is 5. The minimum absolute atomic E-state index is 0.00738. The van der Waals surface area contributed by atoms with Gasteiger partial charge in [-0.15, -0.1) is 0 Å². The van der Waals surface area contributed by atoms with E-state index in [0.29, 0.717) is 24.3 Å². The van der Waals surface area contributed by atoms with Crippen LogP contribution >= 0.6 is 46.4 Å². The molecule has 46 heavy (non-hydrogen) atoms. The monoisotopic (exact) mass is 763 g/mol. The molecule has 2 unspecified atom stereocenters. The van der Waals surface area contributed by atoms with Gasteiger partial charge < -0.3 is 5.73 Å². The third-order valence-corrected chi connectivity index (χ3v) is 9.15. The Morgan fingerprint density at radius 1 is 0.826 bits per heavy atom. The van der Waals surface area contributed by atoms with E-state index in [2.05, 4.69) is 10.2 Å². The van der Waals surface area contributed by atoms with Crippen molar-refractivity contribution >= 4 is 73.8 Å². The maximum Gasteiger partial charge on any atom is 0.416 e. The predicted molar refractivity (Wildman–Crippen MR) is 160 cm³/mol. The van der Waals surface area contributed by atoms with Crippen molar-refractivity contribution in [2.45, 2.75) is 29.1 Å². The van der Waals surface area contributed by atoms with Crippen molar-refractivity contribution in [3.8, 4) is 23.5 Å². The van der Waals surface area contributed by atoms with Gasteiger partial charge in [-0.05, 0) is 24.3 Å². The van der Waals surface area contributed by atoms with Crippen molar-refractivity contribution in [3.63, 3.8) is 0 Å². The van der Waals surface area contributed by atoms with Crippen LogP contribution in [0.2, 0.25) is 20.1 Å². The van der Waals surface area contributed by atoms with Gasteiger partial charge in [0.05, 0.1) is 57.7 Å². The van der Waals surface area contributed by atoms with Gasteiger partial charge in [0, 0.05) is 18.2 Å². The zero-order valence-corrected chi connectivity index (χ0v) is 27.4. The van der Waals surface area contributed by atoms with E-state index in [1.165, 1.54) is 12.5 Å². The lowest BCUT2D eigenvalue weighted by Gasteiger charge is -2.13. The Balaban J connectivity index is 0.000000251. The van der Waals surface area contributed by atoms with Crippen LogP contribution in [0.1, 0.15) is 29.4 Å². The number of nitrogens with zero attached hydrogens (tertiary/aromatic N) is 6. The Kier molecular flexibility index (Phi) is 11.5. The molecule has 2 atom stereocenters. The minimum Gasteiger partial charge on any atom is -0.383 e. The molecule has 0 fully saturated rings. The number of hydrogen-bond donors (Lipinski definition) is 1. The zero-order chi connectivity index (χ0) is 34.9. The molecule has 2 aromatic heterocycles. The summed E-state index contributed by atoms with van der Waals surface area (Å²) in [4.78, 5) is 0.126. The highest BCUT2D eigenvalue weighted by molar-refractivity contribution is 7.85. The van der Waals surface area contributed by atoms with Crippen LogP contribution in [0.3, 0.4) is 0 Å². The molecule has 0 amide bonds. The van der Waals surface area contributed by atoms with E-state index in [1.54, 1.807) is 19.1 Å². The van der Waals surface area contributed by atoms with E-state index >= 15 is 0 Å². The Bertz CT molecular complexity index is 1920. The van der Waals surface area contributed by atoms with Crippen molar-refractivity contribution in [2.24, 2.45) is 0 Å². The SMILES string of the molecule is CCS(=O)c1c(C#N)nn(-c2c(Cl)cc(C(F)(F)F)cc2Cl)c1N.CS(=O)c1cn(-c2c(Cl)cc(C(F)(F)F)cc2Cl)nc1C#N. The van der Waals surface area contributed by atoms with E-state index in [-0.39, 0.29) is 64.2 Å². The lowest BCUT2D eigenvalue weighted by atomic mass is 10.2.